The number of likely N-dealkylation sites (tertiary alicyclic amines) is 1. The van der Waals surface area contributed by atoms with Crippen LogP contribution in [-0.2, 0) is 20.9 Å². The van der Waals surface area contributed by atoms with Gasteiger partial charge in [0.25, 0.3) is 0 Å². The molecule has 33 heavy (non-hydrogen) atoms. The van der Waals surface area contributed by atoms with E-state index in [9.17, 15) is 19.2 Å². The molecule has 1 aliphatic heterocycles. The van der Waals surface area contributed by atoms with Gasteiger partial charge in [0.2, 0.25) is 17.7 Å². The molecular weight excluding hydrogens is 422 g/mol. The van der Waals surface area contributed by atoms with E-state index in [-0.39, 0.29) is 49.0 Å². The van der Waals surface area contributed by atoms with E-state index in [1.165, 1.54) is 4.68 Å². The van der Waals surface area contributed by atoms with Crippen molar-refractivity contribution in [2.45, 2.75) is 32.7 Å². The fraction of sp³-hybridized carbons (Fsp3) is 0.458. The number of benzene rings is 1. The highest BCUT2D eigenvalue weighted by atomic mass is 16.2. The van der Waals surface area contributed by atoms with Gasteiger partial charge in [-0.25, -0.2) is 13.9 Å². The van der Waals surface area contributed by atoms with Crippen molar-refractivity contribution in [1.82, 2.24) is 24.4 Å². The molecule has 3 heterocycles. The number of aromatic nitrogens is 3. The molecule has 1 aromatic carbocycles. The van der Waals surface area contributed by atoms with Crippen LogP contribution < -0.4 is 11.0 Å². The minimum atomic E-state index is -0.400. The summed E-state index contributed by atoms with van der Waals surface area (Å²) < 4.78 is 2.92. The third-order valence-corrected chi connectivity index (χ3v) is 7.71. The van der Waals surface area contributed by atoms with E-state index < -0.39 is 5.91 Å². The summed E-state index contributed by atoms with van der Waals surface area (Å²) in [6.07, 6.45) is 2.98. The monoisotopic (exact) mass is 447 g/mol. The number of hydrogen-bond acceptors (Lipinski definition) is 5. The van der Waals surface area contributed by atoms with Gasteiger partial charge in [0, 0.05) is 6.54 Å². The topological polar surface area (TPSA) is 106 Å². The summed E-state index contributed by atoms with van der Waals surface area (Å²) in [5.41, 5.74) is 1.98. The van der Waals surface area contributed by atoms with Crippen molar-refractivity contribution in [3.8, 4) is 0 Å². The number of hydrogen-bond donors (Lipinski definition) is 1. The number of amides is 3. The SMILES string of the molecule is Cc1cc2ccccc2n2c(=O)n(CCNC(=O)CN3C(=O)[C@H]4[C@H]5CC[C@@H](C5)[C@@H]4C3=O)nc12. The summed E-state index contributed by atoms with van der Waals surface area (Å²) in [5, 5.41) is 8.13. The summed E-state index contributed by atoms with van der Waals surface area (Å²) in [5.74, 6) is -0.630. The lowest BCUT2D eigenvalue weighted by molar-refractivity contribution is -0.144. The highest BCUT2D eigenvalue weighted by molar-refractivity contribution is 6.08. The molecule has 9 heteroatoms. The van der Waals surface area contributed by atoms with E-state index in [1.54, 1.807) is 4.40 Å². The van der Waals surface area contributed by atoms with Gasteiger partial charge >= 0.3 is 5.69 Å². The second-order valence-electron chi connectivity index (χ2n) is 9.55. The number of nitrogens with one attached hydrogen (secondary N) is 1. The van der Waals surface area contributed by atoms with Crippen molar-refractivity contribution in [2.24, 2.45) is 23.7 Å². The predicted octanol–water partition coefficient (Wildman–Crippen LogP) is 1.10. The lowest BCUT2D eigenvalue weighted by Gasteiger charge is -2.19. The van der Waals surface area contributed by atoms with E-state index in [0.717, 1.165) is 40.6 Å². The molecule has 3 aliphatic rings. The Hall–Kier alpha value is -3.49. The van der Waals surface area contributed by atoms with Crippen LogP contribution in [-0.4, -0.2) is 49.9 Å². The zero-order chi connectivity index (χ0) is 22.9. The van der Waals surface area contributed by atoms with Gasteiger partial charge in [-0.2, -0.15) is 0 Å². The van der Waals surface area contributed by atoms with Gasteiger partial charge in [0.1, 0.15) is 6.54 Å². The number of para-hydroxylation sites is 1. The van der Waals surface area contributed by atoms with Crippen LogP contribution in [0.3, 0.4) is 0 Å². The first-order valence-corrected chi connectivity index (χ1v) is 11.5. The minimum absolute atomic E-state index is 0.175. The smallest absolute Gasteiger partial charge is 0.350 e. The largest absolute Gasteiger partial charge is 0.353 e. The number of fused-ring (bicyclic) bond motifs is 8. The third-order valence-electron chi connectivity index (χ3n) is 7.71. The minimum Gasteiger partial charge on any atom is -0.353 e. The Labute approximate surface area is 189 Å². The first-order chi connectivity index (χ1) is 15.9. The normalized spacial score (nSPS) is 26.0. The zero-order valence-corrected chi connectivity index (χ0v) is 18.4. The highest BCUT2D eigenvalue weighted by Crippen LogP contribution is 2.56. The molecule has 2 aromatic heterocycles. The van der Waals surface area contributed by atoms with Crippen molar-refractivity contribution in [2.75, 3.05) is 13.1 Å². The Bertz CT molecular complexity index is 1360. The quantitative estimate of drug-likeness (QED) is 0.590. The van der Waals surface area contributed by atoms with Crippen LogP contribution in [0.4, 0.5) is 0 Å². The van der Waals surface area contributed by atoms with Gasteiger partial charge in [0.05, 0.1) is 23.9 Å². The average molecular weight is 447 g/mol. The van der Waals surface area contributed by atoms with Gasteiger partial charge in [-0.05, 0) is 61.1 Å². The van der Waals surface area contributed by atoms with Crippen molar-refractivity contribution in [3.63, 3.8) is 0 Å². The lowest BCUT2D eigenvalue weighted by atomic mass is 9.81. The van der Waals surface area contributed by atoms with Crippen LogP contribution in [0.2, 0.25) is 0 Å². The first kappa shape index (κ1) is 20.1. The summed E-state index contributed by atoms with van der Waals surface area (Å²) in [6, 6.07) is 9.62. The Morgan fingerprint density at radius 3 is 2.52 bits per heavy atom. The molecule has 1 N–H and O–H groups in total. The Morgan fingerprint density at radius 1 is 1.09 bits per heavy atom. The fourth-order valence-corrected chi connectivity index (χ4v) is 6.26. The van der Waals surface area contributed by atoms with E-state index in [0.29, 0.717) is 17.5 Å². The third kappa shape index (κ3) is 2.94. The van der Waals surface area contributed by atoms with Crippen molar-refractivity contribution < 1.29 is 14.4 Å². The van der Waals surface area contributed by atoms with Crippen LogP contribution in [0.15, 0.2) is 35.1 Å². The van der Waals surface area contributed by atoms with Gasteiger partial charge in [0.15, 0.2) is 5.65 Å². The molecule has 1 saturated heterocycles. The van der Waals surface area contributed by atoms with Crippen molar-refractivity contribution in [3.05, 3.63) is 46.4 Å². The molecule has 170 valence electrons. The Balaban J connectivity index is 1.13. The molecule has 6 rings (SSSR count). The number of carbonyl (C=O) groups excluding carboxylic acids is 3. The molecule has 0 radical (unpaired) electrons. The van der Waals surface area contributed by atoms with Gasteiger partial charge in [-0.3, -0.25) is 19.3 Å². The number of aryl methyl sites for hydroxylation is 1. The molecule has 3 amide bonds. The number of carbonyl (C=O) groups is 3. The summed E-state index contributed by atoms with van der Waals surface area (Å²) >= 11 is 0. The Morgan fingerprint density at radius 2 is 1.79 bits per heavy atom. The molecule has 3 fully saturated rings. The fourth-order valence-electron chi connectivity index (χ4n) is 6.26. The summed E-state index contributed by atoms with van der Waals surface area (Å²) in [4.78, 5) is 52.1. The Kier molecular flexibility index (Phi) is 4.43. The van der Waals surface area contributed by atoms with Crippen molar-refractivity contribution >= 4 is 34.3 Å². The molecular formula is C24H25N5O4. The number of nitrogens with zero attached hydrogens (tertiary/aromatic N) is 4. The zero-order valence-electron chi connectivity index (χ0n) is 18.4. The number of imide groups is 1. The van der Waals surface area contributed by atoms with E-state index in [4.69, 9.17) is 0 Å². The average Bonchev–Trinajstić information content (AvgIpc) is 3.55. The first-order valence-electron chi connectivity index (χ1n) is 11.5. The van der Waals surface area contributed by atoms with Gasteiger partial charge in [-0.1, -0.05) is 18.2 Å². The van der Waals surface area contributed by atoms with Crippen LogP contribution in [0.25, 0.3) is 16.6 Å². The molecule has 0 unspecified atom stereocenters. The molecule has 3 aromatic rings. The number of pyridine rings is 1. The maximum Gasteiger partial charge on any atom is 0.350 e. The summed E-state index contributed by atoms with van der Waals surface area (Å²) in [6.45, 7) is 2.02. The number of rotatable bonds is 5. The van der Waals surface area contributed by atoms with Gasteiger partial charge in [-0.15, -0.1) is 5.10 Å². The van der Waals surface area contributed by atoms with E-state index >= 15 is 0 Å². The second kappa shape index (κ2) is 7.26. The highest BCUT2D eigenvalue weighted by Gasteiger charge is 2.60. The molecule has 2 aliphatic carbocycles. The van der Waals surface area contributed by atoms with E-state index in [2.05, 4.69) is 10.4 Å². The van der Waals surface area contributed by atoms with Crippen LogP contribution in [0.1, 0.15) is 24.8 Å². The van der Waals surface area contributed by atoms with Crippen LogP contribution in [0, 0.1) is 30.6 Å². The molecule has 4 atom stereocenters. The predicted molar refractivity (Wildman–Crippen MR) is 119 cm³/mol. The maximum absolute atomic E-state index is 13.0. The van der Waals surface area contributed by atoms with Crippen molar-refractivity contribution in [1.29, 1.82) is 0 Å². The van der Waals surface area contributed by atoms with E-state index in [1.807, 2.05) is 37.3 Å². The van der Waals surface area contributed by atoms with Gasteiger partial charge < -0.3 is 5.32 Å². The standard InChI is InChI=1S/C24H25N5O4/c1-13-10-14-4-2-3-5-17(14)29-21(13)26-28(24(29)33)9-8-25-18(30)12-27-22(31)19-15-6-7-16(11-15)20(19)23(27)32/h2-5,10,15-16,19-20H,6-9,11-12H2,1H3,(H,25,30)/t15-,16-,19-,20-/m0/s1. The molecule has 2 saturated carbocycles. The maximum atomic E-state index is 13.0. The molecule has 0 spiro atoms. The molecule has 9 nitrogen and oxygen atoms in total. The van der Waals surface area contributed by atoms with Crippen LogP contribution in [0.5, 0.6) is 0 Å². The second-order valence-corrected chi connectivity index (χ2v) is 9.55. The molecule has 2 bridgehead atoms. The lowest BCUT2D eigenvalue weighted by Crippen LogP contribution is -2.42. The summed E-state index contributed by atoms with van der Waals surface area (Å²) in [7, 11) is 0. The van der Waals surface area contributed by atoms with Crippen LogP contribution >= 0.6 is 0 Å².